The van der Waals surface area contributed by atoms with Gasteiger partial charge in [0.05, 0.1) is 10.6 Å². The topological polar surface area (TPSA) is 21.3 Å². The van der Waals surface area contributed by atoms with Crippen LogP contribution in [0.1, 0.15) is 33.3 Å². The summed E-state index contributed by atoms with van der Waals surface area (Å²) in [6.45, 7) is 9.57. The maximum Gasteiger partial charge on any atom is 0.142 e. The summed E-state index contributed by atoms with van der Waals surface area (Å²) in [5.74, 6) is -0.372. The molecule has 1 aromatic carbocycles. The highest BCUT2D eigenvalue weighted by molar-refractivity contribution is 6.31. The molecular weight excluding hydrogens is 265 g/mol. The maximum absolute atomic E-state index is 13.5. The van der Waals surface area contributed by atoms with E-state index in [4.69, 9.17) is 16.3 Å². The second kappa shape index (κ2) is 7.22. The summed E-state index contributed by atoms with van der Waals surface area (Å²) in [7, 11) is 0. The molecule has 0 saturated heterocycles. The van der Waals surface area contributed by atoms with Crippen molar-refractivity contribution in [2.45, 2.75) is 45.8 Å². The molecule has 19 heavy (non-hydrogen) atoms. The van der Waals surface area contributed by atoms with Crippen molar-refractivity contribution < 1.29 is 9.13 Å². The van der Waals surface area contributed by atoms with E-state index in [0.717, 1.165) is 12.1 Å². The van der Waals surface area contributed by atoms with Crippen molar-refractivity contribution in [2.75, 3.05) is 13.2 Å². The van der Waals surface area contributed by atoms with E-state index in [0.29, 0.717) is 13.0 Å². The zero-order valence-electron chi connectivity index (χ0n) is 12.1. The Hall–Kier alpha value is -0.640. The third-order valence-corrected chi connectivity index (χ3v) is 3.68. The standard InChI is InChI=1S/C15H23ClFNO/c1-5-18-13(15(3,4)19-6-2)10-11-8-7-9-12(17)14(11)16/h7-9,13,18H,5-6,10H2,1-4H3. The number of hydrogen-bond acceptors (Lipinski definition) is 2. The Balaban J connectivity index is 2.92. The molecule has 0 radical (unpaired) electrons. The summed E-state index contributed by atoms with van der Waals surface area (Å²) in [6, 6.07) is 5.00. The first kappa shape index (κ1) is 16.4. The van der Waals surface area contributed by atoms with Crippen molar-refractivity contribution in [1.82, 2.24) is 5.32 Å². The van der Waals surface area contributed by atoms with Gasteiger partial charge in [0, 0.05) is 12.6 Å². The van der Waals surface area contributed by atoms with Crippen LogP contribution in [0.5, 0.6) is 0 Å². The molecule has 0 aromatic heterocycles. The van der Waals surface area contributed by atoms with Crippen molar-refractivity contribution >= 4 is 11.6 Å². The van der Waals surface area contributed by atoms with E-state index >= 15 is 0 Å². The molecule has 1 N–H and O–H groups in total. The first-order chi connectivity index (χ1) is 8.92. The molecule has 0 saturated carbocycles. The van der Waals surface area contributed by atoms with Gasteiger partial charge in [-0.05, 0) is 45.4 Å². The van der Waals surface area contributed by atoms with Gasteiger partial charge < -0.3 is 10.1 Å². The fourth-order valence-corrected chi connectivity index (χ4v) is 2.41. The quantitative estimate of drug-likeness (QED) is 0.823. The molecule has 4 heteroatoms. The second-order valence-electron chi connectivity index (χ2n) is 5.06. The Morgan fingerprint density at radius 3 is 2.63 bits per heavy atom. The molecule has 0 aliphatic carbocycles. The second-order valence-corrected chi connectivity index (χ2v) is 5.44. The molecule has 0 fully saturated rings. The minimum atomic E-state index is -0.372. The number of ether oxygens (including phenoxy) is 1. The summed E-state index contributed by atoms with van der Waals surface area (Å²) < 4.78 is 19.3. The molecule has 1 aromatic rings. The molecule has 1 unspecified atom stereocenters. The lowest BCUT2D eigenvalue weighted by molar-refractivity contribution is -0.0377. The first-order valence-corrected chi connectivity index (χ1v) is 7.10. The van der Waals surface area contributed by atoms with Gasteiger partial charge in [0.25, 0.3) is 0 Å². The Bertz CT molecular complexity index is 409. The minimum Gasteiger partial charge on any atom is -0.374 e. The third-order valence-electron chi connectivity index (χ3n) is 3.26. The molecule has 2 nitrogen and oxygen atoms in total. The average Bonchev–Trinajstić information content (AvgIpc) is 2.34. The van der Waals surface area contributed by atoms with Crippen LogP contribution in [0.2, 0.25) is 5.02 Å². The Morgan fingerprint density at radius 1 is 1.37 bits per heavy atom. The number of hydrogen-bond donors (Lipinski definition) is 1. The summed E-state index contributed by atoms with van der Waals surface area (Å²) in [5.41, 5.74) is 0.473. The van der Waals surface area contributed by atoms with Gasteiger partial charge in [0.1, 0.15) is 5.82 Å². The van der Waals surface area contributed by atoms with Crippen LogP contribution in [0, 0.1) is 5.82 Å². The zero-order valence-corrected chi connectivity index (χ0v) is 12.9. The fraction of sp³-hybridized carbons (Fsp3) is 0.600. The third kappa shape index (κ3) is 4.44. The van der Waals surface area contributed by atoms with Gasteiger partial charge in [-0.15, -0.1) is 0 Å². The molecule has 0 aliphatic rings. The zero-order chi connectivity index (χ0) is 14.5. The number of benzene rings is 1. The van der Waals surface area contributed by atoms with Gasteiger partial charge in [-0.2, -0.15) is 0 Å². The highest BCUT2D eigenvalue weighted by atomic mass is 35.5. The van der Waals surface area contributed by atoms with E-state index in [2.05, 4.69) is 5.32 Å². The fourth-order valence-electron chi connectivity index (χ4n) is 2.21. The van der Waals surface area contributed by atoms with Crippen LogP contribution in [0.4, 0.5) is 4.39 Å². The van der Waals surface area contributed by atoms with Crippen LogP contribution in [0.3, 0.4) is 0 Å². The van der Waals surface area contributed by atoms with Crippen molar-refractivity contribution in [3.05, 3.63) is 34.6 Å². The lowest BCUT2D eigenvalue weighted by atomic mass is 9.92. The number of rotatable bonds is 7. The summed E-state index contributed by atoms with van der Waals surface area (Å²) >= 11 is 6.02. The minimum absolute atomic E-state index is 0.0803. The number of nitrogens with one attached hydrogen (secondary N) is 1. The molecule has 0 bridgehead atoms. The molecule has 0 spiro atoms. The number of halogens is 2. The summed E-state index contributed by atoms with van der Waals surface area (Å²) in [5, 5.41) is 3.60. The van der Waals surface area contributed by atoms with E-state index in [-0.39, 0.29) is 22.5 Å². The molecular formula is C15H23ClFNO. The molecule has 0 aliphatic heterocycles. The van der Waals surface area contributed by atoms with Crippen LogP contribution in [-0.4, -0.2) is 24.8 Å². The predicted octanol–water partition coefficient (Wildman–Crippen LogP) is 3.81. The number of likely N-dealkylation sites (N-methyl/N-ethyl adjacent to an activating group) is 1. The summed E-state index contributed by atoms with van der Waals surface area (Å²) in [6.07, 6.45) is 0.636. The van der Waals surface area contributed by atoms with Gasteiger partial charge >= 0.3 is 0 Å². The van der Waals surface area contributed by atoms with Crippen molar-refractivity contribution in [2.24, 2.45) is 0 Å². The van der Waals surface area contributed by atoms with Gasteiger partial charge in [0.15, 0.2) is 0 Å². The van der Waals surface area contributed by atoms with Gasteiger partial charge in [-0.25, -0.2) is 4.39 Å². The van der Waals surface area contributed by atoms with Crippen molar-refractivity contribution in [3.8, 4) is 0 Å². The van der Waals surface area contributed by atoms with Crippen molar-refractivity contribution in [3.63, 3.8) is 0 Å². The normalized spacial score (nSPS) is 13.6. The Labute approximate surface area is 120 Å². The van der Waals surface area contributed by atoms with Crippen LogP contribution < -0.4 is 5.32 Å². The Morgan fingerprint density at radius 2 is 2.05 bits per heavy atom. The van der Waals surface area contributed by atoms with Crippen LogP contribution in [0.25, 0.3) is 0 Å². The molecule has 1 rings (SSSR count). The largest absolute Gasteiger partial charge is 0.374 e. The molecule has 0 amide bonds. The SMILES string of the molecule is CCNC(Cc1cccc(F)c1Cl)C(C)(C)OCC. The molecule has 108 valence electrons. The van der Waals surface area contributed by atoms with Crippen LogP contribution >= 0.6 is 11.6 Å². The average molecular weight is 288 g/mol. The first-order valence-electron chi connectivity index (χ1n) is 6.72. The smallest absolute Gasteiger partial charge is 0.142 e. The molecule has 0 heterocycles. The van der Waals surface area contributed by atoms with E-state index in [1.54, 1.807) is 6.07 Å². The molecule has 1 atom stereocenters. The van der Waals surface area contributed by atoms with E-state index < -0.39 is 0 Å². The maximum atomic E-state index is 13.5. The van der Waals surface area contributed by atoms with E-state index in [1.165, 1.54) is 6.07 Å². The van der Waals surface area contributed by atoms with Gasteiger partial charge in [-0.3, -0.25) is 0 Å². The van der Waals surface area contributed by atoms with E-state index in [1.807, 2.05) is 33.8 Å². The predicted molar refractivity (Wildman–Crippen MR) is 78.3 cm³/mol. The van der Waals surface area contributed by atoms with E-state index in [9.17, 15) is 4.39 Å². The highest BCUT2D eigenvalue weighted by Crippen LogP contribution is 2.25. The Kier molecular flexibility index (Phi) is 6.24. The summed E-state index contributed by atoms with van der Waals surface area (Å²) in [4.78, 5) is 0. The van der Waals surface area contributed by atoms with Gasteiger partial charge in [-0.1, -0.05) is 30.7 Å². The monoisotopic (exact) mass is 287 g/mol. The van der Waals surface area contributed by atoms with Gasteiger partial charge in [0.2, 0.25) is 0 Å². The lowest BCUT2D eigenvalue weighted by Crippen LogP contribution is -2.50. The highest BCUT2D eigenvalue weighted by Gasteiger charge is 2.30. The van der Waals surface area contributed by atoms with Crippen LogP contribution in [0.15, 0.2) is 18.2 Å². The van der Waals surface area contributed by atoms with Crippen LogP contribution in [-0.2, 0) is 11.2 Å². The van der Waals surface area contributed by atoms with Crippen molar-refractivity contribution in [1.29, 1.82) is 0 Å². The lowest BCUT2D eigenvalue weighted by Gasteiger charge is -2.35.